The largest absolute Gasteiger partial charge is 0.339 e. The number of halogens is 1. The summed E-state index contributed by atoms with van der Waals surface area (Å²) in [7, 11) is 1.78. The molecule has 1 aliphatic carbocycles. The number of hydrogen-bond acceptors (Lipinski definition) is 3. The molecule has 1 saturated heterocycles. The summed E-state index contributed by atoms with van der Waals surface area (Å²) >= 11 is 6.19. The first-order valence-corrected chi connectivity index (χ1v) is 10.3. The van der Waals surface area contributed by atoms with Crippen LogP contribution in [0.2, 0.25) is 5.15 Å². The molecule has 2 heterocycles. The van der Waals surface area contributed by atoms with Crippen LogP contribution in [0.1, 0.15) is 49.8 Å². The molecular formula is C20H29ClN4O2. The first kappa shape index (κ1) is 19.9. The molecule has 2 amide bonds. The Balaban J connectivity index is 1.46. The van der Waals surface area contributed by atoms with E-state index in [-0.39, 0.29) is 11.8 Å². The van der Waals surface area contributed by atoms with Crippen LogP contribution in [0.4, 0.5) is 0 Å². The molecule has 1 saturated carbocycles. The molecule has 0 N–H and O–H groups in total. The van der Waals surface area contributed by atoms with E-state index in [4.69, 9.17) is 11.6 Å². The third-order valence-electron chi connectivity index (χ3n) is 5.77. The van der Waals surface area contributed by atoms with Gasteiger partial charge in [-0.25, -0.2) is 0 Å². The fraction of sp³-hybridized carbons (Fsp3) is 0.650. The topological polar surface area (TPSA) is 58.4 Å². The first-order chi connectivity index (χ1) is 13.0. The van der Waals surface area contributed by atoms with E-state index in [0.717, 1.165) is 23.6 Å². The van der Waals surface area contributed by atoms with Crippen molar-refractivity contribution in [1.82, 2.24) is 19.6 Å². The third kappa shape index (κ3) is 4.92. The minimum absolute atomic E-state index is 0.0487. The van der Waals surface area contributed by atoms with Crippen molar-refractivity contribution in [2.24, 2.45) is 13.0 Å². The van der Waals surface area contributed by atoms with E-state index in [2.05, 4.69) is 5.10 Å². The molecule has 0 bridgehead atoms. The van der Waals surface area contributed by atoms with Crippen molar-refractivity contribution in [2.75, 3.05) is 26.2 Å². The van der Waals surface area contributed by atoms with Crippen LogP contribution in [0.15, 0.2) is 6.08 Å². The minimum Gasteiger partial charge on any atom is -0.339 e. The molecule has 27 heavy (non-hydrogen) atoms. The van der Waals surface area contributed by atoms with Crippen LogP contribution in [0, 0.1) is 12.8 Å². The molecule has 0 radical (unpaired) electrons. The molecule has 0 atom stereocenters. The van der Waals surface area contributed by atoms with E-state index in [1.165, 1.54) is 25.7 Å². The smallest absolute Gasteiger partial charge is 0.246 e. The van der Waals surface area contributed by atoms with E-state index in [9.17, 15) is 9.59 Å². The predicted molar refractivity (Wildman–Crippen MR) is 106 cm³/mol. The van der Waals surface area contributed by atoms with Gasteiger partial charge < -0.3 is 9.80 Å². The van der Waals surface area contributed by atoms with Crippen LogP contribution in [-0.2, 0) is 16.6 Å². The van der Waals surface area contributed by atoms with Gasteiger partial charge in [-0.05, 0) is 25.3 Å². The molecule has 0 aromatic carbocycles. The zero-order valence-corrected chi connectivity index (χ0v) is 17.0. The van der Waals surface area contributed by atoms with E-state index < -0.39 is 0 Å². The molecule has 0 spiro atoms. The van der Waals surface area contributed by atoms with Gasteiger partial charge in [-0.2, -0.15) is 5.10 Å². The maximum Gasteiger partial charge on any atom is 0.246 e. The van der Waals surface area contributed by atoms with Gasteiger partial charge in [-0.3, -0.25) is 14.3 Å². The zero-order valence-electron chi connectivity index (χ0n) is 16.3. The summed E-state index contributed by atoms with van der Waals surface area (Å²) in [6.45, 7) is 4.27. The van der Waals surface area contributed by atoms with Gasteiger partial charge in [0.15, 0.2) is 0 Å². The van der Waals surface area contributed by atoms with Crippen LogP contribution in [0.25, 0.3) is 6.08 Å². The molecule has 1 aliphatic heterocycles. The number of rotatable bonds is 5. The summed E-state index contributed by atoms with van der Waals surface area (Å²) in [5.74, 6) is 0.930. The van der Waals surface area contributed by atoms with Crippen LogP contribution >= 0.6 is 11.6 Å². The average molecular weight is 393 g/mol. The van der Waals surface area contributed by atoms with Gasteiger partial charge in [-0.1, -0.05) is 37.3 Å². The van der Waals surface area contributed by atoms with Crippen molar-refractivity contribution in [2.45, 2.75) is 45.4 Å². The number of carbonyl (C=O) groups is 2. The highest BCUT2D eigenvalue weighted by molar-refractivity contribution is 6.31. The molecule has 7 heteroatoms. The standard InChI is InChI=1S/C20H29ClN4O2/c1-15-17(20(21)23(2)22-15)8-10-19(27)25-13-11-24(12-14-25)18(26)9-7-16-5-3-4-6-16/h8,10,16H,3-7,9,11-14H2,1-2H3/b10-8+. The summed E-state index contributed by atoms with van der Waals surface area (Å²) in [5.41, 5.74) is 1.57. The van der Waals surface area contributed by atoms with Crippen LogP contribution in [-0.4, -0.2) is 57.6 Å². The number of piperazine rings is 1. The number of nitrogens with zero attached hydrogens (tertiary/aromatic N) is 4. The lowest BCUT2D eigenvalue weighted by Crippen LogP contribution is -2.50. The van der Waals surface area contributed by atoms with Gasteiger partial charge in [0.25, 0.3) is 0 Å². The van der Waals surface area contributed by atoms with Gasteiger partial charge in [0.05, 0.1) is 5.69 Å². The highest BCUT2D eigenvalue weighted by Crippen LogP contribution is 2.28. The molecule has 2 aliphatic rings. The van der Waals surface area contributed by atoms with E-state index in [1.807, 2.05) is 11.8 Å². The van der Waals surface area contributed by atoms with Gasteiger partial charge in [0.1, 0.15) is 5.15 Å². The maximum absolute atomic E-state index is 12.4. The van der Waals surface area contributed by atoms with Crippen molar-refractivity contribution < 1.29 is 9.59 Å². The Labute approximate surface area is 166 Å². The molecular weight excluding hydrogens is 364 g/mol. The average Bonchev–Trinajstić information content (AvgIpc) is 3.27. The summed E-state index contributed by atoms with van der Waals surface area (Å²) in [5, 5.41) is 4.76. The van der Waals surface area contributed by atoms with Gasteiger partial charge in [0.2, 0.25) is 11.8 Å². The molecule has 6 nitrogen and oxygen atoms in total. The third-order valence-corrected chi connectivity index (χ3v) is 6.22. The monoisotopic (exact) mass is 392 g/mol. The normalized spacial score (nSPS) is 18.6. The number of carbonyl (C=O) groups excluding carboxylic acids is 2. The summed E-state index contributed by atoms with van der Waals surface area (Å²) < 4.78 is 1.59. The molecule has 2 fully saturated rings. The number of amides is 2. The summed E-state index contributed by atoms with van der Waals surface area (Å²) in [6.07, 6.45) is 10.1. The second kappa shape index (κ2) is 8.91. The molecule has 1 aromatic rings. The number of aromatic nitrogens is 2. The SMILES string of the molecule is Cc1nn(C)c(Cl)c1/C=C/C(=O)N1CCN(C(=O)CCC2CCCC2)CC1. The van der Waals surface area contributed by atoms with Crippen molar-refractivity contribution in [1.29, 1.82) is 0 Å². The van der Waals surface area contributed by atoms with Crippen molar-refractivity contribution >= 4 is 29.5 Å². The molecule has 3 rings (SSSR count). The zero-order chi connectivity index (χ0) is 19.4. The summed E-state index contributed by atoms with van der Waals surface area (Å²) in [6, 6.07) is 0. The fourth-order valence-corrected chi connectivity index (χ4v) is 4.29. The number of hydrogen-bond donors (Lipinski definition) is 0. The van der Waals surface area contributed by atoms with Crippen molar-refractivity contribution in [3.63, 3.8) is 0 Å². The fourth-order valence-electron chi connectivity index (χ4n) is 4.06. The minimum atomic E-state index is -0.0487. The predicted octanol–water partition coefficient (Wildman–Crippen LogP) is 3.04. The van der Waals surface area contributed by atoms with E-state index in [0.29, 0.717) is 37.8 Å². The quantitative estimate of drug-likeness (QED) is 0.723. The first-order valence-electron chi connectivity index (χ1n) is 9.89. The maximum atomic E-state index is 12.4. The summed E-state index contributed by atoms with van der Waals surface area (Å²) in [4.78, 5) is 28.5. The van der Waals surface area contributed by atoms with Crippen LogP contribution in [0.3, 0.4) is 0 Å². The Morgan fingerprint density at radius 1 is 1.15 bits per heavy atom. The Hall–Kier alpha value is -1.82. The second-order valence-corrected chi connectivity index (χ2v) is 8.00. The van der Waals surface area contributed by atoms with Crippen molar-refractivity contribution in [3.05, 3.63) is 22.5 Å². The molecule has 1 aromatic heterocycles. The number of aryl methyl sites for hydroxylation is 2. The second-order valence-electron chi connectivity index (χ2n) is 7.64. The van der Waals surface area contributed by atoms with Gasteiger partial charge in [0, 0.05) is 51.3 Å². The van der Waals surface area contributed by atoms with Gasteiger partial charge in [-0.15, -0.1) is 0 Å². The molecule has 0 unspecified atom stereocenters. The van der Waals surface area contributed by atoms with Crippen LogP contribution in [0.5, 0.6) is 0 Å². The Morgan fingerprint density at radius 2 is 1.78 bits per heavy atom. The van der Waals surface area contributed by atoms with E-state index >= 15 is 0 Å². The lowest BCUT2D eigenvalue weighted by atomic mass is 10.0. The van der Waals surface area contributed by atoms with Crippen molar-refractivity contribution in [3.8, 4) is 0 Å². The highest BCUT2D eigenvalue weighted by Gasteiger charge is 2.24. The Morgan fingerprint density at radius 3 is 2.37 bits per heavy atom. The highest BCUT2D eigenvalue weighted by atomic mass is 35.5. The lowest BCUT2D eigenvalue weighted by Gasteiger charge is -2.34. The van der Waals surface area contributed by atoms with Crippen LogP contribution < -0.4 is 0 Å². The van der Waals surface area contributed by atoms with Gasteiger partial charge >= 0.3 is 0 Å². The lowest BCUT2D eigenvalue weighted by molar-refractivity contribution is -0.137. The molecule has 148 valence electrons. The van der Waals surface area contributed by atoms with E-state index in [1.54, 1.807) is 28.8 Å². The Kier molecular flexibility index (Phi) is 6.58. The Bertz CT molecular complexity index is 714.